The van der Waals surface area contributed by atoms with E-state index in [4.69, 9.17) is 16.0 Å². The highest BCUT2D eigenvalue weighted by Crippen LogP contribution is 2.32. The molecule has 0 bridgehead atoms. The van der Waals surface area contributed by atoms with E-state index in [2.05, 4.69) is 10.6 Å². The van der Waals surface area contributed by atoms with E-state index in [1.807, 2.05) is 79.7 Å². The Bertz CT molecular complexity index is 1130. The van der Waals surface area contributed by atoms with Crippen LogP contribution in [-0.4, -0.2) is 5.91 Å². The SMILES string of the molecule is Cc1cccc(NC(=O)c2oc3ccccc3c2NCc2ccc(Cl)cc2)c1. The maximum atomic E-state index is 12.9. The average Bonchev–Trinajstić information content (AvgIpc) is 3.06. The van der Waals surface area contributed by atoms with Gasteiger partial charge in [-0.1, -0.05) is 48.0 Å². The molecule has 4 nitrogen and oxygen atoms in total. The molecule has 28 heavy (non-hydrogen) atoms. The lowest BCUT2D eigenvalue weighted by molar-refractivity contribution is 0.0999. The first kappa shape index (κ1) is 18.1. The van der Waals surface area contributed by atoms with Crippen molar-refractivity contribution < 1.29 is 9.21 Å². The quantitative estimate of drug-likeness (QED) is 0.423. The molecule has 0 atom stereocenters. The van der Waals surface area contributed by atoms with Crippen LogP contribution in [0.1, 0.15) is 21.7 Å². The summed E-state index contributed by atoms with van der Waals surface area (Å²) in [5.41, 5.74) is 4.20. The Hall–Kier alpha value is -3.24. The summed E-state index contributed by atoms with van der Waals surface area (Å²) in [4.78, 5) is 12.9. The number of aryl methyl sites for hydroxylation is 1. The Labute approximate surface area is 168 Å². The zero-order chi connectivity index (χ0) is 19.5. The molecule has 1 aromatic heterocycles. The number of anilines is 2. The lowest BCUT2D eigenvalue weighted by atomic mass is 10.2. The monoisotopic (exact) mass is 390 g/mol. The van der Waals surface area contributed by atoms with E-state index in [9.17, 15) is 4.79 Å². The second-order valence-corrected chi connectivity index (χ2v) is 7.04. The summed E-state index contributed by atoms with van der Waals surface area (Å²) in [6, 6.07) is 22.8. The van der Waals surface area contributed by atoms with Gasteiger partial charge in [-0.15, -0.1) is 0 Å². The van der Waals surface area contributed by atoms with Gasteiger partial charge in [0.15, 0.2) is 0 Å². The summed E-state index contributed by atoms with van der Waals surface area (Å²) < 4.78 is 5.88. The number of furan rings is 1. The molecule has 0 fully saturated rings. The van der Waals surface area contributed by atoms with Gasteiger partial charge < -0.3 is 15.1 Å². The summed E-state index contributed by atoms with van der Waals surface area (Å²) in [5.74, 6) is -0.0305. The van der Waals surface area contributed by atoms with Crippen molar-refractivity contribution in [1.82, 2.24) is 0 Å². The van der Waals surface area contributed by atoms with Crippen molar-refractivity contribution in [1.29, 1.82) is 0 Å². The van der Waals surface area contributed by atoms with Gasteiger partial charge in [0.1, 0.15) is 5.58 Å². The molecule has 4 rings (SSSR count). The van der Waals surface area contributed by atoms with Crippen molar-refractivity contribution >= 4 is 39.9 Å². The maximum Gasteiger partial charge on any atom is 0.293 e. The zero-order valence-corrected chi connectivity index (χ0v) is 16.1. The number of fused-ring (bicyclic) bond motifs is 1. The van der Waals surface area contributed by atoms with Crippen LogP contribution in [0.3, 0.4) is 0 Å². The molecule has 0 radical (unpaired) electrons. The summed E-state index contributed by atoms with van der Waals surface area (Å²) >= 11 is 5.96. The van der Waals surface area contributed by atoms with Crippen molar-refractivity contribution in [2.45, 2.75) is 13.5 Å². The van der Waals surface area contributed by atoms with Crippen LogP contribution in [0.2, 0.25) is 5.02 Å². The van der Waals surface area contributed by atoms with Crippen molar-refractivity contribution in [3.05, 3.63) is 94.7 Å². The summed E-state index contributed by atoms with van der Waals surface area (Å²) in [7, 11) is 0. The fraction of sp³-hybridized carbons (Fsp3) is 0.0870. The largest absolute Gasteiger partial charge is 0.449 e. The standard InChI is InChI=1S/C23H19ClN2O2/c1-15-5-4-6-18(13-15)26-23(27)22-21(19-7-2-3-8-20(19)28-22)25-14-16-9-11-17(24)12-10-16/h2-13,25H,14H2,1H3,(H,26,27). The Kier molecular flexibility index (Phi) is 5.04. The van der Waals surface area contributed by atoms with Gasteiger partial charge in [-0.2, -0.15) is 0 Å². The third kappa shape index (κ3) is 3.87. The maximum absolute atomic E-state index is 12.9. The van der Waals surface area contributed by atoms with Gasteiger partial charge in [-0.05, 0) is 54.4 Å². The lowest BCUT2D eigenvalue weighted by Crippen LogP contribution is -2.13. The highest BCUT2D eigenvalue weighted by molar-refractivity contribution is 6.30. The number of carbonyl (C=O) groups excluding carboxylic acids is 1. The predicted octanol–water partition coefficient (Wildman–Crippen LogP) is 6.26. The number of para-hydroxylation sites is 1. The predicted molar refractivity (Wildman–Crippen MR) is 114 cm³/mol. The van der Waals surface area contributed by atoms with Gasteiger partial charge >= 0.3 is 0 Å². The number of nitrogens with one attached hydrogen (secondary N) is 2. The van der Waals surface area contributed by atoms with Crippen LogP contribution >= 0.6 is 11.6 Å². The van der Waals surface area contributed by atoms with E-state index in [0.717, 1.165) is 22.2 Å². The van der Waals surface area contributed by atoms with E-state index >= 15 is 0 Å². The number of carbonyl (C=O) groups is 1. The van der Waals surface area contributed by atoms with Gasteiger partial charge in [0.25, 0.3) is 5.91 Å². The average molecular weight is 391 g/mol. The number of rotatable bonds is 5. The van der Waals surface area contributed by atoms with Crippen LogP contribution in [-0.2, 0) is 6.54 Å². The minimum Gasteiger partial charge on any atom is -0.449 e. The molecular weight excluding hydrogens is 372 g/mol. The molecule has 0 aliphatic carbocycles. The molecule has 140 valence electrons. The van der Waals surface area contributed by atoms with Crippen molar-refractivity contribution in [3.63, 3.8) is 0 Å². The minimum absolute atomic E-state index is 0.261. The van der Waals surface area contributed by atoms with Crippen LogP contribution in [0.25, 0.3) is 11.0 Å². The molecule has 4 aromatic rings. The number of amides is 1. The van der Waals surface area contributed by atoms with Crippen molar-refractivity contribution in [2.75, 3.05) is 10.6 Å². The van der Waals surface area contributed by atoms with Gasteiger partial charge in [-0.3, -0.25) is 4.79 Å². The highest BCUT2D eigenvalue weighted by atomic mass is 35.5. The van der Waals surface area contributed by atoms with Crippen LogP contribution in [0.4, 0.5) is 11.4 Å². The fourth-order valence-electron chi connectivity index (χ4n) is 3.08. The zero-order valence-electron chi connectivity index (χ0n) is 15.3. The molecule has 0 spiro atoms. The molecule has 1 amide bonds. The molecule has 3 aromatic carbocycles. The molecule has 0 saturated heterocycles. The number of benzene rings is 3. The highest BCUT2D eigenvalue weighted by Gasteiger charge is 2.20. The second-order valence-electron chi connectivity index (χ2n) is 6.61. The van der Waals surface area contributed by atoms with E-state index < -0.39 is 0 Å². The summed E-state index contributed by atoms with van der Waals surface area (Å²) in [6.07, 6.45) is 0. The second kappa shape index (κ2) is 7.79. The molecule has 5 heteroatoms. The van der Waals surface area contributed by atoms with Crippen LogP contribution in [0, 0.1) is 6.92 Å². The normalized spacial score (nSPS) is 10.8. The van der Waals surface area contributed by atoms with Crippen LogP contribution in [0.5, 0.6) is 0 Å². The Morgan fingerprint density at radius 3 is 2.57 bits per heavy atom. The number of hydrogen-bond acceptors (Lipinski definition) is 3. The molecule has 0 saturated carbocycles. The lowest BCUT2D eigenvalue weighted by Gasteiger charge is -2.09. The van der Waals surface area contributed by atoms with Gasteiger partial charge in [-0.25, -0.2) is 0 Å². The Morgan fingerprint density at radius 1 is 1.00 bits per heavy atom. The van der Waals surface area contributed by atoms with Crippen LogP contribution in [0.15, 0.2) is 77.2 Å². The first-order valence-corrected chi connectivity index (χ1v) is 9.36. The molecule has 0 unspecified atom stereocenters. The van der Waals surface area contributed by atoms with Gasteiger partial charge in [0.2, 0.25) is 5.76 Å². The molecule has 0 aliphatic heterocycles. The van der Waals surface area contributed by atoms with Crippen molar-refractivity contribution in [3.8, 4) is 0 Å². The van der Waals surface area contributed by atoms with E-state index in [-0.39, 0.29) is 11.7 Å². The third-order valence-corrected chi connectivity index (χ3v) is 4.71. The number of hydrogen-bond donors (Lipinski definition) is 2. The molecule has 2 N–H and O–H groups in total. The van der Waals surface area contributed by atoms with Crippen LogP contribution < -0.4 is 10.6 Å². The Balaban J connectivity index is 1.64. The Morgan fingerprint density at radius 2 is 1.79 bits per heavy atom. The first-order chi connectivity index (χ1) is 13.6. The van der Waals surface area contributed by atoms with Crippen molar-refractivity contribution in [2.24, 2.45) is 0 Å². The summed E-state index contributed by atoms with van der Waals surface area (Å²) in [6.45, 7) is 2.53. The van der Waals surface area contributed by atoms with E-state index in [1.54, 1.807) is 0 Å². The fourth-order valence-corrected chi connectivity index (χ4v) is 3.21. The number of halogens is 1. The molecule has 0 aliphatic rings. The summed E-state index contributed by atoms with van der Waals surface area (Å²) in [5, 5.41) is 7.83. The van der Waals surface area contributed by atoms with E-state index in [0.29, 0.717) is 22.8 Å². The smallest absolute Gasteiger partial charge is 0.293 e. The van der Waals surface area contributed by atoms with E-state index in [1.165, 1.54) is 0 Å². The molecule has 1 heterocycles. The third-order valence-electron chi connectivity index (χ3n) is 4.46. The molecular formula is C23H19ClN2O2. The first-order valence-electron chi connectivity index (χ1n) is 8.98. The van der Waals surface area contributed by atoms with Gasteiger partial charge in [0, 0.05) is 22.6 Å². The topological polar surface area (TPSA) is 54.3 Å². The minimum atomic E-state index is -0.291. The van der Waals surface area contributed by atoms with Gasteiger partial charge in [0.05, 0.1) is 5.69 Å².